The molecule has 115 valence electrons. The van der Waals surface area contributed by atoms with Crippen LogP contribution in [0.1, 0.15) is 33.2 Å². The largest absolute Gasteiger partial charge is 0.444 e. The summed E-state index contributed by atoms with van der Waals surface area (Å²) in [6, 6.07) is 8.20. The van der Waals surface area contributed by atoms with Crippen molar-refractivity contribution in [2.24, 2.45) is 0 Å². The van der Waals surface area contributed by atoms with Crippen molar-refractivity contribution in [2.45, 2.75) is 38.8 Å². The van der Waals surface area contributed by atoms with Gasteiger partial charge in [0.1, 0.15) is 5.60 Å². The van der Waals surface area contributed by atoms with Crippen LogP contribution in [0.2, 0.25) is 0 Å². The molecule has 1 aromatic heterocycles. The molecule has 1 atom stereocenters. The Morgan fingerprint density at radius 1 is 1.36 bits per heavy atom. The molecule has 3 rings (SSSR count). The summed E-state index contributed by atoms with van der Waals surface area (Å²) in [6.45, 7) is 6.99. The average molecular weight is 375 g/mol. The molecule has 1 aliphatic rings. The number of carbonyl (C=O) groups is 1. The van der Waals surface area contributed by atoms with Gasteiger partial charge in [-0.2, -0.15) is 6.07 Å². The minimum atomic E-state index is -0.457. The zero-order valence-electron chi connectivity index (χ0n) is 13.2. The second kappa shape index (κ2) is 6.67. The molecule has 0 N–H and O–H groups in total. The molecule has 1 radical (unpaired) electrons. The van der Waals surface area contributed by atoms with Crippen molar-refractivity contribution in [3.63, 3.8) is 0 Å². The summed E-state index contributed by atoms with van der Waals surface area (Å²) in [5.41, 5.74) is 0.606. The molecule has 2 aromatic rings. The third-order valence-corrected chi connectivity index (χ3v) is 3.59. The summed E-state index contributed by atoms with van der Waals surface area (Å²) in [7, 11) is 0. The van der Waals surface area contributed by atoms with Crippen LogP contribution in [0.25, 0.3) is 10.9 Å². The van der Waals surface area contributed by atoms with Crippen molar-refractivity contribution in [3.8, 4) is 0 Å². The van der Waals surface area contributed by atoms with Crippen LogP contribution in [0, 0.1) is 6.20 Å². The first kappa shape index (κ1) is 17.4. The maximum Gasteiger partial charge on any atom is 0.410 e. The van der Waals surface area contributed by atoms with E-state index in [-0.39, 0.29) is 44.8 Å². The molecular weight excluding hydrogens is 355 g/mol. The smallest absolute Gasteiger partial charge is 0.410 e. The molecule has 22 heavy (non-hydrogen) atoms. The first-order valence-corrected chi connectivity index (χ1v) is 7.27. The molecule has 1 fully saturated rings. The first-order valence-electron chi connectivity index (χ1n) is 7.27. The summed E-state index contributed by atoms with van der Waals surface area (Å²) in [4.78, 5) is 13.9. The van der Waals surface area contributed by atoms with Crippen molar-refractivity contribution < 1.29 is 42.2 Å². The molecule has 6 heteroatoms. The fourth-order valence-electron chi connectivity index (χ4n) is 2.64. The summed E-state index contributed by atoms with van der Waals surface area (Å²) < 4.78 is 7.40. The van der Waals surface area contributed by atoms with Gasteiger partial charge in [-0.25, -0.2) is 4.79 Å². The SMILES string of the molecule is CC(C)(C)OC(=O)N1CCC(n2n[c-]c3ccccc32)C1.[Y]. The molecule has 1 amide bonds. The topological polar surface area (TPSA) is 47.4 Å². The number of hydrogen-bond donors (Lipinski definition) is 0. The van der Waals surface area contributed by atoms with E-state index in [9.17, 15) is 4.79 Å². The van der Waals surface area contributed by atoms with Crippen molar-refractivity contribution in [2.75, 3.05) is 13.1 Å². The summed E-state index contributed by atoms with van der Waals surface area (Å²) in [5, 5.41) is 5.37. The molecular formula is C16H20N3O2Y-. The number of ether oxygens (including phenoxy) is 1. The van der Waals surface area contributed by atoms with Crippen molar-refractivity contribution >= 4 is 17.0 Å². The summed E-state index contributed by atoms with van der Waals surface area (Å²) in [6.07, 6.45) is 3.67. The van der Waals surface area contributed by atoms with E-state index in [1.165, 1.54) is 0 Å². The molecule has 1 aliphatic heterocycles. The fraction of sp³-hybridized carbons (Fsp3) is 0.500. The zero-order valence-corrected chi connectivity index (χ0v) is 16.1. The van der Waals surface area contributed by atoms with Crippen LogP contribution in [0.4, 0.5) is 4.79 Å². The molecule has 0 bridgehead atoms. The van der Waals surface area contributed by atoms with E-state index in [1.807, 2.05) is 49.7 Å². The number of nitrogens with zero attached hydrogens (tertiary/aromatic N) is 3. The van der Waals surface area contributed by atoms with Crippen LogP contribution < -0.4 is 0 Å². The third kappa shape index (κ3) is 3.69. The van der Waals surface area contributed by atoms with Crippen molar-refractivity contribution in [3.05, 3.63) is 30.5 Å². The number of fused-ring (bicyclic) bond motifs is 1. The number of aromatic nitrogens is 2. The Hall–Kier alpha value is -0.936. The number of carbonyl (C=O) groups excluding carboxylic acids is 1. The van der Waals surface area contributed by atoms with Gasteiger partial charge in [-0.05, 0) is 38.9 Å². The van der Waals surface area contributed by atoms with Crippen LogP contribution in [0.5, 0.6) is 0 Å². The van der Waals surface area contributed by atoms with Gasteiger partial charge in [0.05, 0.1) is 6.04 Å². The molecule has 1 saturated heterocycles. The Morgan fingerprint density at radius 3 is 2.82 bits per heavy atom. The molecule has 1 aromatic carbocycles. The number of rotatable bonds is 1. The Kier molecular flexibility index (Phi) is 5.28. The average Bonchev–Trinajstić information content (AvgIpc) is 3.03. The first-order chi connectivity index (χ1) is 9.94. The van der Waals surface area contributed by atoms with E-state index < -0.39 is 5.60 Å². The molecule has 0 spiro atoms. The van der Waals surface area contributed by atoms with Gasteiger partial charge in [0.2, 0.25) is 0 Å². The standard InChI is InChI=1S/C16H20N3O2.Y/c1-16(2,3)21-15(20)18-9-8-13(11-18)19-14-7-5-4-6-12(14)10-17-19;/h4-7,13H,8-9,11H2,1-3H3;/q-1;. The van der Waals surface area contributed by atoms with E-state index in [0.717, 1.165) is 17.3 Å². The Morgan fingerprint density at radius 2 is 2.09 bits per heavy atom. The van der Waals surface area contributed by atoms with E-state index in [2.05, 4.69) is 11.3 Å². The van der Waals surface area contributed by atoms with Crippen LogP contribution in [0.15, 0.2) is 24.3 Å². The Balaban J connectivity index is 0.00000176. The quantitative estimate of drug-likeness (QED) is 0.720. The minimum Gasteiger partial charge on any atom is -0.444 e. The summed E-state index contributed by atoms with van der Waals surface area (Å²) in [5.74, 6) is 0. The van der Waals surface area contributed by atoms with Gasteiger partial charge < -0.3 is 14.3 Å². The molecule has 5 nitrogen and oxygen atoms in total. The van der Waals surface area contributed by atoms with Crippen LogP contribution in [-0.2, 0) is 37.4 Å². The molecule has 2 heterocycles. The number of likely N-dealkylation sites (tertiary alicyclic amines) is 1. The minimum absolute atomic E-state index is 0. The van der Waals surface area contributed by atoms with E-state index in [1.54, 1.807) is 4.90 Å². The van der Waals surface area contributed by atoms with E-state index >= 15 is 0 Å². The van der Waals surface area contributed by atoms with Gasteiger partial charge >= 0.3 is 6.09 Å². The predicted molar refractivity (Wildman–Crippen MR) is 80.0 cm³/mol. The van der Waals surface area contributed by atoms with Gasteiger partial charge in [-0.1, -0.05) is 12.1 Å². The van der Waals surface area contributed by atoms with E-state index in [0.29, 0.717) is 13.1 Å². The Bertz CT molecular complexity index is 663. The molecule has 1 unspecified atom stereocenters. The van der Waals surface area contributed by atoms with Crippen LogP contribution >= 0.6 is 0 Å². The normalized spacial score (nSPS) is 18.3. The molecule has 0 saturated carbocycles. The summed E-state index contributed by atoms with van der Waals surface area (Å²) >= 11 is 0. The van der Waals surface area contributed by atoms with Crippen molar-refractivity contribution in [1.82, 2.24) is 14.7 Å². The van der Waals surface area contributed by atoms with Gasteiger partial charge in [0, 0.05) is 45.8 Å². The fourth-order valence-corrected chi connectivity index (χ4v) is 2.64. The number of benzene rings is 1. The van der Waals surface area contributed by atoms with Gasteiger partial charge in [0.15, 0.2) is 0 Å². The second-order valence-corrected chi connectivity index (χ2v) is 6.44. The number of hydrogen-bond acceptors (Lipinski definition) is 3. The van der Waals surface area contributed by atoms with Gasteiger partial charge in [-0.3, -0.25) is 5.10 Å². The van der Waals surface area contributed by atoms with Crippen molar-refractivity contribution in [1.29, 1.82) is 0 Å². The van der Waals surface area contributed by atoms with Crippen LogP contribution in [-0.4, -0.2) is 39.5 Å². The van der Waals surface area contributed by atoms with Crippen LogP contribution in [0.3, 0.4) is 0 Å². The maximum atomic E-state index is 12.1. The zero-order chi connectivity index (χ0) is 15.0. The van der Waals surface area contributed by atoms with Gasteiger partial charge in [-0.15, -0.1) is 11.5 Å². The Labute approximate surface area is 155 Å². The number of para-hydroxylation sites is 1. The second-order valence-electron chi connectivity index (χ2n) is 6.44. The predicted octanol–water partition coefficient (Wildman–Crippen LogP) is 3.02. The number of amides is 1. The molecule has 0 aliphatic carbocycles. The third-order valence-electron chi connectivity index (χ3n) is 3.59. The monoisotopic (exact) mass is 375 g/mol. The van der Waals surface area contributed by atoms with E-state index in [4.69, 9.17) is 4.74 Å². The van der Waals surface area contributed by atoms with Gasteiger partial charge in [0.25, 0.3) is 0 Å². The maximum absolute atomic E-state index is 12.1.